The van der Waals surface area contributed by atoms with Gasteiger partial charge in [0.15, 0.2) is 5.17 Å². The molecule has 1 aliphatic rings. The van der Waals surface area contributed by atoms with E-state index in [0.29, 0.717) is 18.1 Å². The molecular formula is C13H12N2O3S. The van der Waals surface area contributed by atoms with Gasteiger partial charge < -0.3 is 10.4 Å². The molecule has 0 saturated carbocycles. The molecule has 1 aliphatic heterocycles. The van der Waals surface area contributed by atoms with Crippen LogP contribution in [-0.4, -0.2) is 28.7 Å². The van der Waals surface area contributed by atoms with Crippen molar-refractivity contribution >= 4 is 34.9 Å². The van der Waals surface area contributed by atoms with Crippen molar-refractivity contribution in [3.63, 3.8) is 0 Å². The maximum atomic E-state index is 11.2. The molecular weight excluding hydrogens is 264 g/mol. The lowest BCUT2D eigenvalue weighted by Crippen LogP contribution is -2.33. The first kappa shape index (κ1) is 13.4. The normalized spacial score (nSPS) is 15.7. The molecule has 98 valence electrons. The zero-order valence-corrected chi connectivity index (χ0v) is 10.8. The lowest BCUT2D eigenvalue weighted by molar-refractivity contribution is -0.131. The first-order chi connectivity index (χ1) is 9.15. The fraction of sp³-hybridized carbons (Fsp3) is 0.154. The van der Waals surface area contributed by atoms with E-state index in [-0.39, 0.29) is 10.8 Å². The Morgan fingerprint density at radius 3 is 2.74 bits per heavy atom. The van der Waals surface area contributed by atoms with Gasteiger partial charge >= 0.3 is 5.97 Å². The Kier molecular flexibility index (Phi) is 4.35. The predicted octanol–water partition coefficient (Wildman–Crippen LogP) is 1.72. The van der Waals surface area contributed by atoms with Crippen molar-refractivity contribution in [1.82, 2.24) is 5.32 Å². The lowest BCUT2D eigenvalue weighted by atomic mass is 10.2. The summed E-state index contributed by atoms with van der Waals surface area (Å²) in [7, 11) is 0. The molecule has 0 radical (unpaired) electrons. The number of nitrogens with one attached hydrogen (secondary N) is 1. The third kappa shape index (κ3) is 3.96. The smallest absolute Gasteiger partial charge is 0.342 e. The highest BCUT2D eigenvalue weighted by atomic mass is 32.2. The van der Waals surface area contributed by atoms with Crippen LogP contribution in [0.25, 0.3) is 6.08 Å². The second kappa shape index (κ2) is 6.19. The van der Waals surface area contributed by atoms with Crippen molar-refractivity contribution in [2.24, 2.45) is 4.99 Å². The Balaban J connectivity index is 2.17. The van der Waals surface area contributed by atoms with E-state index in [1.165, 1.54) is 0 Å². The summed E-state index contributed by atoms with van der Waals surface area (Å²) in [6.07, 6.45) is 1.89. The maximum Gasteiger partial charge on any atom is 0.342 e. The van der Waals surface area contributed by atoms with E-state index in [9.17, 15) is 14.7 Å². The molecule has 0 bridgehead atoms. The predicted molar refractivity (Wildman–Crippen MR) is 74.7 cm³/mol. The zero-order valence-electron chi connectivity index (χ0n) is 10.00. The first-order valence-corrected chi connectivity index (χ1v) is 6.49. The monoisotopic (exact) mass is 276 g/mol. The maximum absolute atomic E-state index is 11.2. The number of hydrogen-bond donors (Lipinski definition) is 2. The molecule has 1 amide bonds. The Labute approximate surface area is 114 Å². The molecule has 2 rings (SSSR count). The second-order valence-electron chi connectivity index (χ2n) is 3.81. The number of nitrogens with zero attached hydrogens (tertiary/aromatic N) is 1. The van der Waals surface area contributed by atoms with E-state index in [1.807, 2.05) is 30.3 Å². The highest BCUT2D eigenvalue weighted by Gasteiger charge is 2.17. The molecule has 19 heavy (non-hydrogen) atoms. The summed E-state index contributed by atoms with van der Waals surface area (Å²) in [5.41, 5.74) is 0.787. The molecule has 6 heteroatoms. The molecule has 0 spiro atoms. The lowest BCUT2D eigenvalue weighted by Gasteiger charge is -2.12. The van der Waals surface area contributed by atoms with Crippen molar-refractivity contribution in [2.45, 2.75) is 6.42 Å². The minimum atomic E-state index is -1.05. The first-order valence-electron chi connectivity index (χ1n) is 5.67. The summed E-state index contributed by atoms with van der Waals surface area (Å²) < 4.78 is 0. The Morgan fingerprint density at radius 1 is 1.37 bits per heavy atom. The van der Waals surface area contributed by atoms with Gasteiger partial charge in [-0.05, 0) is 23.4 Å². The number of hydrogen-bond acceptors (Lipinski definition) is 4. The summed E-state index contributed by atoms with van der Waals surface area (Å²) in [5.74, 6) is -1.18. The fourth-order valence-corrected chi connectivity index (χ4v) is 2.29. The van der Waals surface area contributed by atoms with Crippen molar-refractivity contribution < 1.29 is 14.7 Å². The van der Waals surface area contributed by atoms with Crippen LogP contribution in [-0.2, 0) is 9.59 Å². The number of carboxylic acids is 1. The topological polar surface area (TPSA) is 78.8 Å². The Morgan fingerprint density at radius 2 is 2.11 bits per heavy atom. The molecule has 1 heterocycles. The minimum Gasteiger partial charge on any atom is -0.477 e. The highest BCUT2D eigenvalue weighted by molar-refractivity contribution is 8.18. The number of rotatable bonds is 3. The Bertz CT molecular complexity index is 552. The molecule has 1 aromatic carbocycles. The number of carboxylic acid groups (broad SMARTS) is 1. The average Bonchev–Trinajstić information content (AvgIpc) is 2.39. The molecule has 0 aliphatic carbocycles. The third-order valence-corrected chi connectivity index (χ3v) is 3.29. The summed E-state index contributed by atoms with van der Waals surface area (Å²) >= 11 is 0.952. The van der Waals surface area contributed by atoms with Crippen LogP contribution in [0.1, 0.15) is 12.0 Å². The van der Waals surface area contributed by atoms with Gasteiger partial charge in [-0.15, -0.1) is 0 Å². The van der Waals surface area contributed by atoms with E-state index >= 15 is 0 Å². The van der Waals surface area contributed by atoms with E-state index in [1.54, 1.807) is 6.08 Å². The van der Waals surface area contributed by atoms with Crippen molar-refractivity contribution in [1.29, 1.82) is 0 Å². The minimum absolute atomic E-state index is 0.118. The molecule has 2 N–H and O–H groups in total. The number of aliphatic carboxylic acids is 1. The number of benzene rings is 1. The van der Waals surface area contributed by atoms with Crippen LogP contribution in [0.2, 0.25) is 0 Å². The van der Waals surface area contributed by atoms with Crippen molar-refractivity contribution in [3.8, 4) is 0 Å². The van der Waals surface area contributed by atoms with Crippen LogP contribution in [0.15, 0.2) is 40.2 Å². The van der Waals surface area contributed by atoms with E-state index in [0.717, 1.165) is 17.3 Å². The molecule has 0 unspecified atom stereocenters. The molecule has 0 aromatic heterocycles. The van der Waals surface area contributed by atoms with Gasteiger partial charge in [0.25, 0.3) is 0 Å². The molecule has 5 nitrogen and oxygen atoms in total. The summed E-state index contributed by atoms with van der Waals surface area (Å²) in [4.78, 5) is 26.6. The SMILES string of the molecule is O=C1CCN=C(SC(=Cc2ccccc2)C(=O)O)N1. The van der Waals surface area contributed by atoms with Gasteiger partial charge in [-0.25, -0.2) is 4.79 Å². The van der Waals surface area contributed by atoms with Crippen molar-refractivity contribution in [3.05, 3.63) is 40.8 Å². The molecule has 0 atom stereocenters. The van der Waals surface area contributed by atoms with Gasteiger partial charge in [0, 0.05) is 6.42 Å². The number of amidine groups is 1. The number of thioether (sulfide) groups is 1. The summed E-state index contributed by atoms with van der Waals surface area (Å²) in [6, 6.07) is 9.14. The van der Waals surface area contributed by atoms with Gasteiger partial charge in [-0.2, -0.15) is 0 Å². The van der Waals surface area contributed by atoms with Crippen LogP contribution in [0.4, 0.5) is 0 Å². The summed E-state index contributed by atoms with van der Waals surface area (Å²) in [6.45, 7) is 0.395. The van der Waals surface area contributed by atoms with Gasteiger partial charge in [0.2, 0.25) is 5.91 Å². The van der Waals surface area contributed by atoms with E-state index in [4.69, 9.17) is 0 Å². The second-order valence-corrected chi connectivity index (χ2v) is 4.84. The number of carbonyl (C=O) groups is 2. The fourth-order valence-electron chi connectivity index (χ4n) is 1.48. The summed E-state index contributed by atoms with van der Waals surface area (Å²) in [5, 5.41) is 12.1. The van der Waals surface area contributed by atoms with Crippen LogP contribution in [0.5, 0.6) is 0 Å². The number of aliphatic imine (C=N–C) groups is 1. The molecule has 1 aromatic rings. The molecule has 0 fully saturated rings. The van der Waals surface area contributed by atoms with Crippen LogP contribution in [0.3, 0.4) is 0 Å². The average molecular weight is 276 g/mol. The van der Waals surface area contributed by atoms with E-state index in [2.05, 4.69) is 10.3 Å². The standard InChI is InChI=1S/C13H12N2O3S/c16-11-6-7-14-13(15-11)19-10(12(17)18)8-9-4-2-1-3-5-9/h1-5,8H,6-7H2,(H,17,18)(H,14,15,16). The third-order valence-electron chi connectivity index (χ3n) is 2.36. The van der Waals surface area contributed by atoms with Gasteiger partial charge in [-0.3, -0.25) is 9.79 Å². The van der Waals surface area contributed by atoms with Crippen LogP contribution < -0.4 is 5.32 Å². The largest absolute Gasteiger partial charge is 0.477 e. The number of amides is 1. The Hall–Kier alpha value is -2.08. The zero-order chi connectivity index (χ0) is 13.7. The molecule has 0 saturated heterocycles. The van der Waals surface area contributed by atoms with E-state index < -0.39 is 5.97 Å². The van der Waals surface area contributed by atoms with Gasteiger partial charge in [0.1, 0.15) is 4.91 Å². The highest BCUT2D eigenvalue weighted by Crippen LogP contribution is 2.21. The quantitative estimate of drug-likeness (QED) is 0.824. The van der Waals surface area contributed by atoms with Crippen molar-refractivity contribution in [2.75, 3.05) is 6.54 Å². The number of carbonyl (C=O) groups excluding carboxylic acids is 1. The van der Waals surface area contributed by atoms with Crippen LogP contribution in [0, 0.1) is 0 Å². The van der Waals surface area contributed by atoms with Gasteiger partial charge in [0.05, 0.1) is 6.54 Å². The van der Waals surface area contributed by atoms with Gasteiger partial charge in [-0.1, -0.05) is 30.3 Å². The van der Waals surface area contributed by atoms with Crippen LogP contribution >= 0.6 is 11.8 Å².